The summed E-state index contributed by atoms with van der Waals surface area (Å²) in [5.41, 5.74) is -2.96. The third-order valence-electron chi connectivity index (χ3n) is 4.43. The molecule has 2 heterocycles. The first-order valence-electron chi connectivity index (χ1n) is 8.43. The van der Waals surface area contributed by atoms with Gasteiger partial charge in [-0.05, 0) is 13.3 Å². The highest BCUT2D eigenvalue weighted by atomic mass is 31.3. The maximum Gasteiger partial charge on any atom is 0.490 e. The van der Waals surface area contributed by atoms with Crippen LogP contribution in [0.3, 0.4) is 0 Å². The van der Waals surface area contributed by atoms with Crippen molar-refractivity contribution >= 4 is 23.5 Å². The molecule has 0 bridgehead atoms. The molecule has 0 saturated carbocycles. The molecule has 0 aliphatic carbocycles. The summed E-state index contributed by atoms with van der Waals surface area (Å²) in [6, 6.07) is -1.02. The van der Waals surface area contributed by atoms with E-state index in [0.717, 1.165) is 4.57 Å². The lowest BCUT2D eigenvalue weighted by molar-refractivity contribution is -0.0915. The number of ether oxygens (including phenoxy) is 1. The highest BCUT2D eigenvalue weighted by Crippen LogP contribution is 2.66. The molecule has 1 aliphatic heterocycles. The molecule has 4 unspecified atom stereocenters. The van der Waals surface area contributed by atoms with Gasteiger partial charge < -0.3 is 29.4 Å². The number of hydrogen-bond donors (Lipinski definition) is 6. The quantitative estimate of drug-likeness (QED) is 0.224. The summed E-state index contributed by atoms with van der Waals surface area (Å²) in [4.78, 5) is 61.5. The Kier molecular flexibility index (Phi) is 7.71. The predicted octanol–water partition coefficient (Wildman–Crippen LogP) is -0.731. The van der Waals surface area contributed by atoms with Gasteiger partial charge >= 0.3 is 29.2 Å². The van der Waals surface area contributed by atoms with Crippen LogP contribution in [0.1, 0.15) is 24.9 Å². The van der Waals surface area contributed by atoms with Gasteiger partial charge in [0, 0.05) is 11.8 Å². The summed E-state index contributed by atoms with van der Waals surface area (Å²) in [7, 11) is -16.7. The molecule has 1 saturated heterocycles. The van der Waals surface area contributed by atoms with Crippen molar-refractivity contribution in [2.45, 2.75) is 38.0 Å². The van der Waals surface area contributed by atoms with Crippen molar-refractivity contribution in [3.05, 3.63) is 32.6 Å². The number of H-pyrrole nitrogens is 1. The minimum Gasteiger partial charge on any atom is -0.388 e. The van der Waals surface area contributed by atoms with Gasteiger partial charge in [-0.2, -0.15) is 8.62 Å². The molecule has 178 valence electrons. The van der Waals surface area contributed by atoms with Crippen LogP contribution in [0.2, 0.25) is 0 Å². The molecule has 1 fully saturated rings. The molecular formula is C12H21N2O14P3. The van der Waals surface area contributed by atoms with E-state index in [9.17, 15) is 38.2 Å². The Bertz CT molecular complexity index is 1080. The summed E-state index contributed by atoms with van der Waals surface area (Å²) in [6.45, 7) is 1.79. The van der Waals surface area contributed by atoms with Gasteiger partial charge in [0.05, 0.1) is 19.3 Å². The minimum absolute atomic E-state index is 0.0302. The molecule has 5 atom stereocenters. The van der Waals surface area contributed by atoms with Crippen LogP contribution in [0, 0.1) is 6.92 Å². The van der Waals surface area contributed by atoms with Crippen LogP contribution in [0.15, 0.2) is 15.8 Å². The average molecular weight is 510 g/mol. The standard InChI is InChI=1S/C12H21N2O14P3/c1-3-12(6-26-30(21,22)28-31(23,24)27-29(18,19)20)9(15)8(5-25-12)14-4-7(2)10(16)13-11(14)17/h4,8-9,15H,3,5-6H2,1-2H3,(H,21,22)(H,23,24)(H,13,16,17)(H2,18,19,20)/t8?,9?,12-/m1/s1. The summed E-state index contributed by atoms with van der Waals surface area (Å²) in [5, 5.41) is 10.7. The number of phosphoric ester groups is 1. The lowest BCUT2D eigenvalue weighted by Gasteiger charge is -2.32. The monoisotopic (exact) mass is 510 g/mol. The summed E-state index contributed by atoms with van der Waals surface area (Å²) in [5.74, 6) is 0. The molecule has 2 rings (SSSR count). The molecular weight excluding hydrogens is 489 g/mol. The number of aromatic nitrogens is 2. The number of nitrogens with one attached hydrogen (secondary N) is 1. The van der Waals surface area contributed by atoms with Crippen molar-refractivity contribution in [3.8, 4) is 0 Å². The first-order valence-corrected chi connectivity index (χ1v) is 13.0. The predicted molar refractivity (Wildman–Crippen MR) is 99.9 cm³/mol. The molecule has 31 heavy (non-hydrogen) atoms. The third-order valence-corrected chi connectivity index (χ3v) is 8.22. The van der Waals surface area contributed by atoms with Crippen molar-refractivity contribution < 1.29 is 56.3 Å². The Morgan fingerprint density at radius 3 is 2.35 bits per heavy atom. The number of phosphoric acid groups is 3. The zero-order chi connectivity index (χ0) is 23.8. The van der Waals surface area contributed by atoms with Gasteiger partial charge in [-0.1, -0.05) is 6.92 Å². The van der Waals surface area contributed by atoms with Crippen molar-refractivity contribution in [2.24, 2.45) is 0 Å². The van der Waals surface area contributed by atoms with Gasteiger partial charge in [0.2, 0.25) is 0 Å². The van der Waals surface area contributed by atoms with Crippen LogP contribution in [0.4, 0.5) is 0 Å². The van der Waals surface area contributed by atoms with Crippen LogP contribution in [0.5, 0.6) is 0 Å². The Morgan fingerprint density at radius 1 is 1.19 bits per heavy atom. The average Bonchev–Trinajstić information content (AvgIpc) is 2.90. The lowest BCUT2D eigenvalue weighted by Crippen LogP contribution is -2.47. The molecule has 1 aromatic heterocycles. The fraction of sp³-hybridized carbons (Fsp3) is 0.667. The van der Waals surface area contributed by atoms with Gasteiger partial charge in [0.1, 0.15) is 11.7 Å². The van der Waals surface area contributed by atoms with Gasteiger partial charge in [-0.15, -0.1) is 0 Å². The van der Waals surface area contributed by atoms with Crippen molar-refractivity contribution in [3.63, 3.8) is 0 Å². The number of aliphatic hydroxyl groups excluding tert-OH is 1. The van der Waals surface area contributed by atoms with E-state index in [-0.39, 0.29) is 18.6 Å². The number of aromatic amines is 1. The van der Waals surface area contributed by atoms with Gasteiger partial charge in [-0.25, -0.2) is 18.5 Å². The maximum absolute atomic E-state index is 12.1. The number of hydrogen-bond acceptors (Lipinski definition) is 10. The van der Waals surface area contributed by atoms with E-state index in [2.05, 4.69) is 18.1 Å². The summed E-state index contributed by atoms with van der Waals surface area (Å²) < 4.78 is 52.3. The second kappa shape index (κ2) is 9.10. The van der Waals surface area contributed by atoms with Crippen LogP contribution in [0.25, 0.3) is 0 Å². The first kappa shape index (κ1) is 26.3. The fourth-order valence-corrected chi connectivity index (χ4v) is 5.95. The van der Waals surface area contributed by atoms with Gasteiger partial charge in [0.15, 0.2) is 0 Å². The van der Waals surface area contributed by atoms with E-state index in [1.54, 1.807) is 0 Å². The molecule has 19 heteroatoms. The van der Waals surface area contributed by atoms with Crippen molar-refractivity contribution in [1.82, 2.24) is 9.55 Å². The van der Waals surface area contributed by atoms with E-state index < -0.39 is 59.1 Å². The van der Waals surface area contributed by atoms with Gasteiger partial charge in [0.25, 0.3) is 5.56 Å². The molecule has 0 amide bonds. The smallest absolute Gasteiger partial charge is 0.388 e. The van der Waals surface area contributed by atoms with E-state index in [1.165, 1.54) is 20.0 Å². The fourth-order valence-electron chi connectivity index (χ4n) is 2.88. The van der Waals surface area contributed by atoms with E-state index in [1.807, 2.05) is 0 Å². The van der Waals surface area contributed by atoms with E-state index in [4.69, 9.17) is 14.5 Å². The second-order valence-corrected chi connectivity index (χ2v) is 11.0. The van der Waals surface area contributed by atoms with Crippen molar-refractivity contribution in [1.29, 1.82) is 0 Å². The number of aryl methyl sites for hydroxylation is 1. The second-order valence-electron chi connectivity index (χ2n) is 6.58. The van der Waals surface area contributed by atoms with E-state index >= 15 is 0 Å². The topological polar surface area (TPSA) is 244 Å². The Labute approximate surface area is 173 Å². The van der Waals surface area contributed by atoms with Crippen LogP contribution >= 0.6 is 23.5 Å². The molecule has 1 aromatic rings. The normalized spacial score (nSPS) is 28.2. The summed E-state index contributed by atoms with van der Waals surface area (Å²) >= 11 is 0. The molecule has 1 aliphatic rings. The maximum atomic E-state index is 12.1. The number of rotatable bonds is 9. The largest absolute Gasteiger partial charge is 0.490 e. The Balaban J connectivity index is 2.18. The Morgan fingerprint density at radius 2 is 1.81 bits per heavy atom. The highest BCUT2D eigenvalue weighted by Gasteiger charge is 2.51. The van der Waals surface area contributed by atoms with Crippen LogP contribution in [-0.2, 0) is 31.6 Å². The van der Waals surface area contributed by atoms with Crippen LogP contribution < -0.4 is 11.2 Å². The SMILES string of the molecule is CC[C@]1(COP(=O)(O)OP(=O)(O)OP(=O)(O)O)OCC(n2cc(C)c(=O)[nH]c2=O)C1O. The minimum atomic E-state index is -5.70. The molecule has 0 aromatic carbocycles. The van der Waals surface area contributed by atoms with Crippen molar-refractivity contribution in [2.75, 3.05) is 13.2 Å². The number of aliphatic hydroxyl groups is 1. The molecule has 6 N–H and O–H groups in total. The summed E-state index contributed by atoms with van der Waals surface area (Å²) in [6.07, 6.45) is -0.336. The zero-order valence-corrected chi connectivity index (χ0v) is 18.7. The number of nitrogens with zero attached hydrogens (tertiary/aromatic N) is 1. The third kappa shape index (κ3) is 6.51. The Hall–Kier alpha value is -0.990. The van der Waals surface area contributed by atoms with Gasteiger partial charge in [-0.3, -0.25) is 18.9 Å². The highest BCUT2D eigenvalue weighted by molar-refractivity contribution is 7.66. The zero-order valence-electron chi connectivity index (χ0n) is 16.1. The lowest BCUT2D eigenvalue weighted by atomic mass is 9.92. The molecule has 16 nitrogen and oxygen atoms in total. The molecule has 0 radical (unpaired) electrons. The first-order chi connectivity index (χ1) is 14.0. The molecule has 0 spiro atoms. The van der Waals surface area contributed by atoms with E-state index in [0.29, 0.717) is 0 Å². The van der Waals surface area contributed by atoms with Crippen LogP contribution in [-0.4, -0.2) is 59.2 Å².